The van der Waals surface area contributed by atoms with E-state index in [0.717, 1.165) is 22.7 Å². The Labute approximate surface area is 108 Å². The summed E-state index contributed by atoms with van der Waals surface area (Å²) in [5.41, 5.74) is 1.19. The Morgan fingerprint density at radius 2 is 2.22 bits per heavy atom. The largest absolute Gasteiger partial charge is 0.492 e. The maximum Gasteiger partial charge on any atom is 0.304 e. The number of aromatic nitrogens is 1. The molecule has 2 rings (SSSR count). The summed E-state index contributed by atoms with van der Waals surface area (Å²) >= 11 is 1.01. The molecule has 1 aromatic heterocycles. The highest BCUT2D eigenvalue weighted by Crippen LogP contribution is 2.28. The molecule has 0 aliphatic heterocycles. The van der Waals surface area contributed by atoms with Crippen molar-refractivity contribution >= 4 is 34.1 Å². The van der Waals surface area contributed by atoms with E-state index >= 15 is 0 Å². The van der Waals surface area contributed by atoms with Crippen molar-refractivity contribution in [3.05, 3.63) is 29.8 Å². The average Bonchev–Trinajstić information content (AvgIpc) is 2.67. The van der Waals surface area contributed by atoms with Gasteiger partial charge in [-0.15, -0.1) is 4.73 Å². The lowest BCUT2D eigenvalue weighted by molar-refractivity contribution is 0.152. The second-order valence-corrected chi connectivity index (χ2v) is 4.22. The minimum Gasteiger partial charge on any atom is -0.492 e. The van der Waals surface area contributed by atoms with Crippen molar-refractivity contribution < 1.29 is 14.7 Å². The molecule has 1 aromatic carbocycles. The highest BCUT2D eigenvalue weighted by atomic mass is 32.2. The number of aromatic hydroxyl groups is 1. The third kappa shape index (κ3) is 2.06. The molecule has 0 unspecified atom stereocenters. The van der Waals surface area contributed by atoms with Crippen molar-refractivity contribution in [2.75, 3.05) is 13.4 Å². The first-order valence-corrected chi connectivity index (χ1v) is 6.40. The first-order valence-electron chi connectivity index (χ1n) is 5.18. The number of benzene rings is 1. The van der Waals surface area contributed by atoms with E-state index in [2.05, 4.69) is 4.99 Å². The van der Waals surface area contributed by atoms with E-state index < -0.39 is 0 Å². The Bertz CT molecular complexity index is 619. The summed E-state index contributed by atoms with van der Waals surface area (Å²) < 4.78 is 1.29. The van der Waals surface area contributed by atoms with Gasteiger partial charge in [-0.1, -0.05) is 30.0 Å². The number of amides is 1. The SMILES string of the molecule is COn1c(O)c(/C=N/C(=O)SC)c2ccccc21. The predicted octanol–water partition coefficient (Wildman–Crippen LogP) is 2.31. The maximum absolute atomic E-state index is 11.2. The van der Waals surface area contributed by atoms with Crippen LogP contribution in [0.1, 0.15) is 5.56 Å². The molecule has 0 saturated carbocycles. The number of fused-ring (bicyclic) bond motifs is 1. The number of hydrogen-bond acceptors (Lipinski definition) is 4. The van der Waals surface area contributed by atoms with Crippen LogP contribution in [0.15, 0.2) is 29.3 Å². The highest BCUT2D eigenvalue weighted by molar-refractivity contribution is 8.13. The number of aliphatic imine (C=N–C) groups is 1. The molecule has 0 spiro atoms. The molecule has 6 heteroatoms. The Morgan fingerprint density at radius 3 is 2.89 bits per heavy atom. The number of carbonyl (C=O) groups is 1. The minimum absolute atomic E-state index is 0.0728. The second kappa shape index (κ2) is 5.14. The van der Waals surface area contributed by atoms with E-state index in [4.69, 9.17) is 4.84 Å². The van der Waals surface area contributed by atoms with Crippen molar-refractivity contribution in [2.24, 2.45) is 4.99 Å². The van der Waals surface area contributed by atoms with Crippen molar-refractivity contribution in [1.29, 1.82) is 0 Å². The summed E-state index contributed by atoms with van der Waals surface area (Å²) in [6, 6.07) is 7.32. The third-order valence-corrected chi connectivity index (χ3v) is 2.96. The van der Waals surface area contributed by atoms with Gasteiger partial charge in [0.05, 0.1) is 11.1 Å². The van der Waals surface area contributed by atoms with E-state index in [-0.39, 0.29) is 11.1 Å². The van der Waals surface area contributed by atoms with Crippen molar-refractivity contribution in [3.8, 4) is 5.88 Å². The van der Waals surface area contributed by atoms with Gasteiger partial charge in [0.2, 0.25) is 5.88 Å². The molecule has 0 fully saturated rings. The molecule has 2 aromatic rings. The molecule has 1 N–H and O–H groups in total. The number of rotatable bonds is 2. The zero-order chi connectivity index (χ0) is 13.1. The van der Waals surface area contributed by atoms with Gasteiger partial charge in [0.15, 0.2) is 0 Å². The number of hydrogen-bond donors (Lipinski definition) is 1. The first kappa shape index (κ1) is 12.5. The molecule has 1 amide bonds. The van der Waals surface area contributed by atoms with Crippen LogP contribution in [0.3, 0.4) is 0 Å². The zero-order valence-electron chi connectivity index (χ0n) is 9.95. The topological polar surface area (TPSA) is 63.8 Å². The number of nitrogens with zero attached hydrogens (tertiary/aromatic N) is 2. The van der Waals surface area contributed by atoms with E-state index in [1.54, 1.807) is 6.26 Å². The van der Waals surface area contributed by atoms with Gasteiger partial charge in [-0.05, 0) is 12.3 Å². The summed E-state index contributed by atoms with van der Waals surface area (Å²) in [5.74, 6) is -0.0728. The molecule has 0 radical (unpaired) electrons. The van der Waals surface area contributed by atoms with Crippen LogP contribution in [-0.2, 0) is 0 Å². The van der Waals surface area contributed by atoms with Gasteiger partial charge in [0, 0.05) is 11.6 Å². The van der Waals surface area contributed by atoms with Gasteiger partial charge in [0.25, 0.3) is 0 Å². The molecule has 1 heterocycles. The van der Waals surface area contributed by atoms with E-state index in [9.17, 15) is 9.90 Å². The second-order valence-electron chi connectivity index (χ2n) is 3.46. The summed E-state index contributed by atoms with van der Waals surface area (Å²) in [4.78, 5) is 20.0. The summed E-state index contributed by atoms with van der Waals surface area (Å²) in [5, 5.41) is 10.5. The van der Waals surface area contributed by atoms with Crippen molar-refractivity contribution in [2.45, 2.75) is 0 Å². The monoisotopic (exact) mass is 264 g/mol. The van der Waals surface area contributed by atoms with Crippen LogP contribution >= 0.6 is 11.8 Å². The molecule has 0 saturated heterocycles. The average molecular weight is 264 g/mol. The van der Waals surface area contributed by atoms with Crippen LogP contribution in [0.5, 0.6) is 5.88 Å². The van der Waals surface area contributed by atoms with Crippen LogP contribution in [-0.4, -0.2) is 34.7 Å². The van der Waals surface area contributed by atoms with Crippen molar-refractivity contribution in [3.63, 3.8) is 0 Å². The van der Waals surface area contributed by atoms with Gasteiger partial charge < -0.3 is 9.94 Å². The summed E-state index contributed by atoms with van der Waals surface area (Å²) in [7, 11) is 1.46. The molecule has 0 aliphatic rings. The number of carbonyl (C=O) groups excluding carboxylic acids is 1. The lowest BCUT2D eigenvalue weighted by atomic mass is 10.2. The highest BCUT2D eigenvalue weighted by Gasteiger charge is 2.15. The Balaban J connectivity index is 2.60. The lowest BCUT2D eigenvalue weighted by Crippen LogP contribution is -2.04. The molecular formula is C12H12N2O3S. The van der Waals surface area contributed by atoms with Crippen LogP contribution in [0.25, 0.3) is 10.9 Å². The fourth-order valence-electron chi connectivity index (χ4n) is 1.70. The molecule has 0 bridgehead atoms. The first-order chi connectivity index (χ1) is 8.69. The quantitative estimate of drug-likeness (QED) is 0.845. The van der Waals surface area contributed by atoms with Crippen molar-refractivity contribution in [1.82, 2.24) is 4.73 Å². The number of thioether (sulfide) groups is 1. The van der Waals surface area contributed by atoms with E-state index in [1.807, 2.05) is 24.3 Å². The number of para-hydroxylation sites is 1. The van der Waals surface area contributed by atoms with Crippen LogP contribution < -0.4 is 4.84 Å². The molecule has 0 atom stereocenters. The summed E-state index contributed by atoms with van der Waals surface area (Å²) in [6.45, 7) is 0. The maximum atomic E-state index is 11.2. The van der Waals surface area contributed by atoms with Gasteiger partial charge in [-0.2, -0.15) is 0 Å². The van der Waals surface area contributed by atoms with Gasteiger partial charge >= 0.3 is 5.24 Å². The van der Waals surface area contributed by atoms with E-state index in [1.165, 1.54) is 18.1 Å². The van der Waals surface area contributed by atoms with Crippen LogP contribution in [0.2, 0.25) is 0 Å². The minimum atomic E-state index is -0.316. The van der Waals surface area contributed by atoms with Gasteiger partial charge in [-0.25, -0.2) is 4.99 Å². The Kier molecular flexibility index (Phi) is 3.57. The summed E-state index contributed by atoms with van der Waals surface area (Å²) in [6.07, 6.45) is 3.00. The Morgan fingerprint density at radius 1 is 1.50 bits per heavy atom. The smallest absolute Gasteiger partial charge is 0.304 e. The molecule has 5 nitrogen and oxygen atoms in total. The lowest BCUT2D eigenvalue weighted by Gasteiger charge is -2.02. The fraction of sp³-hybridized carbons (Fsp3) is 0.167. The van der Waals surface area contributed by atoms with Gasteiger partial charge in [-0.3, -0.25) is 4.79 Å². The zero-order valence-corrected chi connectivity index (χ0v) is 10.8. The molecule has 94 valence electrons. The molecule has 0 aliphatic carbocycles. The molecule has 18 heavy (non-hydrogen) atoms. The Hall–Kier alpha value is -1.95. The van der Waals surface area contributed by atoms with Crippen LogP contribution in [0, 0.1) is 0 Å². The fourth-order valence-corrected chi connectivity index (χ4v) is 1.86. The van der Waals surface area contributed by atoms with E-state index in [0.29, 0.717) is 5.56 Å². The van der Waals surface area contributed by atoms with Crippen LogP contribution in [0.4, 0.5) is 4.79 Å². The molecular weight excluding hydrogens is 252 g/mol. The van der Waals surface area contributed by atoms with Gasteiger partial charge in [0.1, 0.15) is 7.11 Å². The standard InChI is InChI=1S/C12H12N2O3S/c1-17-14-10-6-4-3-5-8(10)9(11(14)15)7-13-12(16)18-2/h3-7,15H,1-2H3/b13-7+. The third-order valence-electron chi connectivity index (χ3n) is 2.50. The predicted molar refractivity (Wildman–Crippen MR) is 72.6 cm³/mol. The normalized spacial score (nSPS) is 11.2.